The number of fused-ring (bicyclic) bond motifs is 1. The first-order chi connectivity index (χ1) is 14.5. The molecular weight excluding hydrogens is 400 g/mol. The molecule has 0 unspecified atom stereocenters. The van der Waals surface area contributed by atoms with Crippen LogP contribution in [0.25, 0.3) is 17.0 Å². The van der Waals surface area contributed by atoms with E-state index in [0.717, 1.165) is 33.8 Å². The van der Waals surface area contributed by atoms with Crippen molar-refractivity contribution in [1.82, 2.24) is 14.8 Å². The maximum Gasteiger partial charge on any atom is 0.342 e. The maximum atomic E-state index is 11.8. The summed E-state index contributed by atoms with van der Waals surface area (Å²) in [5.74, 6) is -0.711. The van der Waals surface area contributed by atoms with Crippen LogP contribution in [0, 0.1) is 18.3 Å². The highest BCUT2D eigenvalue weighted by Crippen LogP contribution is 2.31. The average Bonchev–Trinajstić information content (AvgIpc) is 3.31. The summed E-state index contributed by atoms with van der Waals surface area (Å²) >= 11 is 0.909. The second-order valence-electron chi connectivity index (χ2n) is 6.50. The van der Waals surface area contributed by atoms with Gasteiger partial charge in [-0.25, -0.2) is 4.79 Å². The Bertz CT molecular complexity index is 1310. The summed E-state index contributed by atoms with van der Waals surface area (Å²) in [6.45, 7) is 2.14. The summed E-state index contributed by atoms with van der Waals surface area (Å²) in [5.41, 5.74) is 3.20. The van der Waals surface area contributed by atoms with Crippen molar-refractivity contribution in [3.8, 4) is 6.07 Å². The predicted molar refractivity (Wildman–Crippen MR) is 113 cm³/mol. The van der Waals surface area contributed by atoms with Crippen molar-refractivity contribution >= 4 is 34.7 Å². The Morgan fingerprint density at radius 2 is 2.00 bits per heavy atom. The Balaban J connectivity index is 1.76. The molecule has 0 atom stereocenters. The zero-order valence-electron chi connectivity index (χ0n) is 15.9. The van der Waals surface area contributed by atoms with Gasteiger partial charge in [-0.2, -0.15) is 5.26 Å². The number of aryl methyl sites for hydroxylation is 1. The Kier molecular flexibility index (Phi) is 5.37. The van der Waals surface area contributed by atoms with Crippen LogP contribution in [0.1, 0.15) is 22.6 Å². The summed E-state index contributed by atoms with van der Waals surface area (Å²) in [6.07, 6.45) is 3.49. The van der Waals surface area contributed by atoms with Gasteiger partial charge in [-0.05, 0) is 35.5 Å². The first kappa shape index (κ1) is 19.5. The Hall–Kier alpha value is -3.83. The molecule has 0 saturated carbocycles. The molecule has 2 aromatic carbocycles. The number of para-hydroxylation sites is 1. The molecule has 0 amide bonds. The highest BCUT2D eigenvalue weighted by atomic mass is 32.2. The zero-order chi connectivity index (χ0) is 21.1. The molecule has 7 nitrogen and oxygen atoms in total. The first-order valence-corrected chi connectivity index (χ1v) is 9.85. The van der Waals surface area contributed by atoms with Crippen LogP contribution < -0.4 is 0 Å². The van der Waals surface area contributed by atoms with E-state index in [2.05, 4.69) is 16.3 Å². The highest BCUT2D eigenvalue weighted by molar-refractivity contribution is 8.03. The first-order valence-electron chi connectivity index (χ1n) is 9.04. The second-order valence-corrected chi connectivity index (χ2v) is 7.49. The lowest BCUT2D eigenvalue weighted by atomic mass is 10.1. The minimum atomic E-state index is -1.08. The van der Waals surface area contributed by atoms with Crippen LogP contribution in [0.2, 0.25) is 0 Å². The monoisotopic (exact) mass is 416 g/mol. The standard InChI is InChI=1S/C22H16N4O3S/c1-14-24-25-22(29-14)30-20(21(27)28)10-17-13-26(19-9-5-4-8-18(17)19)12-16-7-3-2-6-15(16)11-23/h2-10,13H,12H2,1H3,(H,27,28)/b20-10-. The summed E-state index contributed by atoms with van der Waals surface area (Å²) in [4.78, 5) is 11.9. The molecular formula is C22H16N4O3S. The Morgan fingerprint density at radius 3 is 2.73 bits per heavy atom. The number of hydrogen-bond donors (Lipinski definition) is 1. The van der Waals surface area contributed by atoms with Crippen LogP contribution in [-0.2, 0) is 11.3 Å². The van der Waals surface area contributed by atoms with E-state index in [-0.39, 0.29) is 10.1 Å². The molecule has 0 bridgehead atoms. The summed E-state index contributed by atoms with van der Waals surface area (Å²) in [5, 5.41) is 27.7. The van der Waals surface area contributed by atoms with E-state index in [0.29, 0.717) is 18.0 Å². The molecule has 8 heteroatoms. The van der Waals surface area contributed by atoms with Gasteiger partial charge < -0.3 is 14.1 Å². The highest BCUT2D eigenvalue weighted by Gasteiger charge is 2.16. The number of rotatable bonds is 6. The van der Waals surface area contributed by atoms with Gasteiger partial charge >= 0.3 is 5.97 Å². The number of carboxylic acid groups (broad SMARTS) is 1. The van der Waals surface area contributed by atoms with Crippen molar-refractivity contribution in [2.24, 2.45) is 0 Å². The van der Waals surface area contributed by atoms with Crippen molar-refractivity contribution in [2.75, 3.05) is 0 Å². The molecule has 0 spiro atoms. The van der Waals surface area contributed by atoms with E-state index >= 15 is 0 Å². The summed E-state index contributed by atoms with van der Waals surface area (Å²) < 4.78 is 7.31. The fourth-order valence-electron chi connectivity index (χ4n) is 3.16. The van der Waals surface area contributed by atoms with Crippen molar-refractivity contribution < 1.29 is 14.3 Å². The fourth-order valence-corrected chi connectivity index (χ4v) is 3.87. The predicted octanol–water partition coefficient (Wildman–Crippen LogP) is 4.47. The van der Waals surface area contributed by atoms with Crippen LogP contribution >= 0.6 is 11.8 Å². The number of carbonyl (C=O) groups is 1. The molecule has 0 aliphatic rings. The van der Waals surface area contributed by atoms with Crippen LogP contribution in [0.4, 0.5) is 0 Å². The molecule has 4 rings (SSSR count). The van der Waals surface area contributed by atoms with Gasteiger partial charge in [0, 0.05) is 36.1 Å². The topological polar surface area (TPSA) is 105 Å². The Labute approximate surface area is 176 Å². The molecule has 0 fully saturated rings. The third kappa shape index (κ3) is 3.97. The van der Waals surface area contributed by atoms with Gasteiger partial charge in [0.05, 0.1) is 11.6 Å². The van der Waals surface area contributed by atoms with Crippen LogP contribution in [0.15, 0.2) is 69.3 Å². The van der Waals surface area contributed by atoms with Crippen molar-refractivity contribution in [3.63, 3.8) is 0 Å². The van der Waals surface area contributed by atoms with E-state index in [1.165, 1.54) is 0 Å². The zero-order valence-corrected chi connectivity index (χ0v) is 16.8. The van der Waals surface area contributed by atoms with Crippen LogP contribution in [-0.4, -0.2) is 25.8 Å². The molecule has 0 radical (unpaired) electrons. The number of aliphatic carboxylic acids is 1. The van der Waals surface area contributed by atoms with E-state index in [9.17, 15) is 15.2 Å². The number of aromatic nitrogens is 3. The number of nitriles is 1. The van der Waals surface area contributed by atoms with Crippen molar-refractivity contribution in [1.29, 1.82) is 5.26 Å². The quantitative estimate of drug-likeness (QED) is 0.365. The van der Waals surface area contributed by atoms with Crippen LogP contribution in [0.3, 0.4) is 0 Å². The molecule has 4 aromatic rings. The molecule has 0 aliphatic heterocycles. The second kappa shape index (κ2) is 8.27. The minimum Gasteiger partial charge on any atom is -0.477 e. The lowest BCUT2D eigenvalue weighted by molar-refractivity contribution is -0.131. The van der Waals surface area contributed by atoms with Crippen molar-refractivity contribution in [2.45, 2.75) is 18.7 Å². The van der Waals surface area contributed by atoms with Gasteiger partial charge in [0.2, 0.25) is 5.89 Å². The smallest absolute Gasteiger partial charge is 0.342 e. The number of hydrogen-bond acceptors (Lipinski definition) is 6. The fraction of sp³-hybridized carbons (Fsp3) is 0.0909. The molecule has 30 heavy (non-hydrogen) atoms. The van der Waals surface area contributed by atoms with Gasteiger partial charge in [0.15, 0.2) is 0 Å². The molecule has 2 aromatic heterocycles. The molecule has 1 N–H and O–H groups in total. The molecule has 148 valence electrons. The van der Waals surface area contributed by atoms with E-state index in [1.54, 1.807) is 19.1 Å². The number of carboxylic acids is 1. The normalized spacial score (nSPS) is 11.5. The van der Waals surface area contributed by atoms with Gasteiger partial charge in [-0.3, -0.25) is 0 Å². The van der Waals surface area contributed by atoms with Crippen LogP contribution in [0.5, 0.6) is 0 Å². The lowest BCUT2D eigenvalue weighted by Gasteiger charge is -2.07. The Morgan fingerprint density at radius 1 is 1.23 bits per heavy atom. The van der Waals surface area contributed by atoms with E-state index in [1.807, 2.05) is 53.2 Å². The van der Waals surface area contributed by atoms with Gasteiger partial charge in [-0.1, -0.05) is 36.4 Å². The number of nitrogens with zero attached hydrogens (tertiary/aromatic N) is 4. The average molecular weight is 416 g/mol. The third-order valence-electron chi connectivity index (χ3n) is 4.50. The van der Waals surface area contributed by atoms with Gasteiger partial charge in [-0.15, -0.1) is 10.2 Å². The summed E-state index contributed by atoms with van der Waals surface area (Å²) in [6, 6.07) is 17.4. The van der Waals surface area contributed by atoms with E-state index < -0.39 is 5.97 Å². The van der Waals surface area contributed by atoms with Crippen molar-refractivity contribution in [3.05, 3.63) is 82.2 Å². The third-order valence-corrected chi connectivity index (χ3v) is 5.35. The molecule has 0 saturated heterocycles. The number of benzene rings is 2. The largest absolute Gasteiger partial charge is 0.477 e. The molecule has 0 aliphatic carbocycles. The summed E-state index contributed by atoms with van der Waals surface area (Å²) in [7, 11) is 0. The number of thioether (sulfide) groups is 1. The van der Waals surface area contributed by atoms with Gasteiger partial charge in [0.25, 0.3) is 5.22 Å². The van der Waals surface area contributed by atoms with Gasteiger partial charge in [0.1, 0.15) is 4.91 Å². The SMILES string of the molecule is Cc1nnc(S/C(=C\c2cn(Cc3ccccc3C#N)c3ccccc23)C(=O)O)o1. The lowest BCUT2D eigenvalue weighted by Crippen LogP contribution is -2.00. The maximum absolute atomic E-state index is 11.8. The van der Waals surface area contributed by atoms with E-state index in [4.69, 9.17) is 4.42 Å². The minimum absolute atomic E-state index is 0.0685. The molecule has 2 heterocycles.